The molecule has 0 aromatic carbocycles. The molecule has 1 unspecified atom stereocenters. The molecule has 31 heavy (non-hydrogen) atoms. The largest absolute Gasteiger partial charge is 0.338 e. The van der Waals surface area contributed by atoms with Gasteiger partial charge >= 0.3 is 0 Å². The maximum atomic E-state index is 13.1. The van der Waals surface area contributed by atoms with E-state index in [1.807, 2.05) is 40.1 Å². The number of carbonyl (C=O) groups excluding carboxylic acids is 1. The van der Waals surface area contributed by atoms with E-state index < -0.39 is 0 Å². The highest BCUT2D eigenvalue weighted by Crippen LogP contribution is 2.29. The van der Waals surface area contributed by atoms with E-state index >= 15 is 0 Å². The number of aliphatic imine (C=N–C) groups is 1. The lowest BCUT2D eigenvalue weighted by atomic mass is 9.92. The topological polar surface area (TPSA) is 98.2 Å². The Morgan fingerprint density at radius 1 is 1.32 bits per heavy atom. The lowest BCUT2D eigenvalue weighted by Crippen LogP contribution is -2.21. The maximum Gasteiger partial charge on any atom is 0.234 e. The van der Waals surface area contributed by atoms with Crippen molar-refractivity contribution in [2.75, 3.05) is 12.4 Å². The number of nitrogens with zero attached hydrogens (tertiary/aromatic N) is 5. The molecular formula is C23H30N6O2. The number of aromatic nitrogens is 4. The SMILES string of the molecule is CCCC(C(=O)Nc1cc(C(C)(C)C)no1)c1cnc(-c2cnn(C)c2)c(/C=N\C)c1. The first kappa shape index (κ1) is 22.4. The van der Waals surface area contributed by atoms with Crippen molar-refractivity contribution in [3.8, 4) is 11.3 Å². The zero-order chi connectivity index (χ0) is 22.6. The summed E-state index contributed by atoms with van der Waals surface area (Å²) < 4.78 is 7.07. The fourth-order valence-corrected chi connectivity index (χ4v) is 3.35. The van der Waals surface area contributed by atoms with E-state index in [4.69, 9.17) is 4.52 Å². The summed E-state index contributed by atoms with van der Waals surface area (Å²) >= 11 is 0. The van der Waals surface area contributed by atoms with Gasteiger partial charge in [0.15, 0.2) is 0 Å². The Labute approximate surface area is 182 Å². The second-order valence-electron chi connectivity index (χ2n) is 8.65. The Bertz CT molecular complexity index is 1070. The van der Waals surface area contributed by atoms with Crippen molar-refractivity contribution in [1.82, 2.24) is 19.9 Å². The molecule has 0 bridgehead atoms. The number of nitrogens with one attached hydrogen (secondary N) is 1. The average molecular weight is 423 g/mol. The first-order valence-electron chi connectivity index (χ1n) is 10.4. The highest BCUT2D eigenvalue weighted by molar-refractivity contribution is 5.95. The van der Waals surface area contributed by atoms with Gasteiger partial charge in [0.25, 0.3) is 0 Å². The number of aryl methyl sites for hydroxylation is 1. The molecule has 0 aliphatic heterocycles. The van der Waals surface area contributed by atoms with Crippen LogP contribution in [-0.4, -0.2) is 39.1 Å². The highest BCUT2D eigenvalue weighted by atomic mass is 16.5. The van der Waals surface area contributed by atoms with Gasteiger partial charge < -0.3 is 4.52 Å². The number of amides is 1. The van der Waals surface area contributed by atoms with Crippen LogP contribution in [0.1, 0.15) is 63.3 Å². The molecule has 0 radical (unpaired) electrons. The van der Waals surface area contributed by atoms with Crippen LogP contribution in [0.4, 0.5) is 5.88 Å². The molecule has 0 saturated heterocycles. The Morgan fingerprint density at radius 2 is 2.10 bits per heavy atom. The summed E-state index contributed by atoms with van der Waals surface area (Å²) in [6.07, 6.45) is 8.72. The standard InChI is InChI=1S/C23H30N6O2/c1-7-8-18(22(30)27-20-10-19(28-31-20)23(2,3)4)15-9-16(11-24-5)21(25-12-15)17-13-26-29(6)14-17/h9-14,18H,7-8H2,1-6H3,(H,27,30)/b24-11-. The van der Waals surface area contributed by atoms with E-state index in [0.717, 1.165) is 34.5 Å². The number of carbonyl (C=O) groups is 1. The molecule has 0 fully saturated rings. The molecule has 0 spiro atoms. The van der Waals surface area contributed by atoms with E-state index in [0.29, 0.717) is 12.3 Å². The van der Waals surface area contributed by atoms with Crippen LogP contribution in [0.5, 0.6) is 0 Å². The highest BCUT2D eigenvalue weighted by Gasteiger charge is 2.25. The van der Waals surface area contributed by atoms with Crippen molar-refractivity contribution >= 4 is 18.0 Å². The second kappa shape index (κ2) is 9.24. The zero-order valence-electron chi connectivity index (χ0n) is 19.0. The normalized spacial score (nSPS) is 13.0. The van der Waals surface area contributed by atoms with Gasteiger partial charge in [-0.05, 0) is 18.1 Å². The van der Waals surface area contributed by atoms with E-state index in [2.05, 4.69) is 32.5 Å². The third kappa shape index (κ3) is 5.25. The summed E-state index contributed by atoms with van der Waals surface area (Å²) in [7, 11) is 3.58. The van der Waals surface area contributed by atoms with Crippen LogP contribution in [0.2, 0.25) is 0 Å². The van der Waals surface area contributed by atoms with Gasteiger partial charge in [-0.1, -0.05) is 39.3 Å². The van der Waals surface area contributed by atoms with E-state index in [9.17, 15) is 4.79 Å². The molecule has 1 atom stereocenters. The maximum absolute atomic E-state index is 13.1. The lowest BCUT2D eigenvalue weighted by Gasteiger charge is -2.16. The van der Waals surface area contributed by atoms with Crippen molar-refractivity contribution in [2.24, 2.45) is 12.0 Å². The van der Waals surface area contributed by atoms with Gasteiger partial charge in [0.05, 0.1) is 23.5 Å². The minimum atomic E-state index is -0.368. The zero-order valence-corrected chi connectivity index (χ0v) is 19.0. The quantitative estimate of drug-likeness (QED) is 0.571. The Morgan fingerprint density at radius 3 is 2.68 bits per heavy atom. The van der Waals surface area contributed by atoms with Crippen molar-refractivity contribution in [3.05, 3.63) is 47.5 Å². The van der Waals surface area contributed by atoms with E-state index in [-0.39, 0.29) is 17.2 Å². The van der Waals surface area contributed by atoms with Gasteiger partial charge in [0.2, 0.25) is 11.8 Å². The number of hydrogen-bond acceptors (Lipinski definition) is 6. The fraction of sp³-hybridized carbons (Fsp3) is 0.435. The van der Waals surface area contributed by atoms with Crippen molar-refractivity contribution < 1.29 is 9.32 Å². The molecule has 1 amide bonds. The number of rotatable bonds is 7. The minimum absolute atomic E-state index is 0.145. The Balaban J connectivity index is 1.90. The van der Waals surface area contributed by atoms with Gasteiger partial charge in [-0.15, -0.1) is 0 Å². The molecule has 8 heteroatoms. The first-order valence-corrected chi connectivity index (χ1v) is 10.4. The Kier molecular flexibility index (Phi) is 6.68. The molecule has 0 aliphatic rings. The van der Waals surface area contributed by atoms with Crippen molar-refractivity contribution in [1.29, 1.82) is 0 Å². The Hall–Kier alpha value is -3.29. The molecule has 3 rings (SSSR count). The van der Waals surface area contributed by atoms with Crippen LogP contribution in [0.25, 0.3) is 11.3 Å². The summed E-state index contributed by atoms with van der Waals surface area (Å²) in [6, 6.07) is 3.75. The van der Waals surface area contributed by atoms with Gasteiger partial charge in [-0.3, -0.25) is 24.8 Å². The molecule has 3 heterocycles. The molecular weight excluding hydrogens is 392 g/mol. The van der Waals surface area contributed by atoms with Crippen molar-refractivity contribution in [2.45, 2.75) is 51.9 Å². The van der Waals surface area contributed by atoms with E-state index in [1.165, 1.54) is 0 Å². The van der Waals surface area contributed by atoms with Crippen LogP contribution in [0.3, 0.4) is 0 Å². The smallest absolute Gasteiger partial charge is 0.234 e. The minimum Gasteiger partial charge on any atom is -0.338 e. The van der Waals surface area contributed by atoms with Crippen LogP contribution >= 0.6 is 0 Å². The molecule has 0 saturated carbocycles. The lowest BCUT2D eigenvalue weighted by molar-refractivity contribution is -0.117. The van der Waals surface area contributed by atoms with Crippen LogP contribution in [0, 0.1) is 0 Å². The average Bonchev–Trinajstić information content (AvgIpc) is 3.35. The third-order valence-electron chi connectivity index (χ3n) is 5.01. The molecule has 3 aromatic heterocycles. The second-order valence-corrected chi connectivity index (χ2v) is 8.65. The first-order chi connectivity index (χ1) is 14.7. The van der Waals surface area contributed by atoms with Crippen LogP contribution < -0.4 is 5.32 Å². The number of hydrogen-bond donors (Lipinski definition) is 1. The predicted octanol–water partition coefficient (Wildman–Crippen LogP) is 4.34. The summed E-state index contributed by atoms with van der Waals surface area (Å²) in [5.74, 6) is -0.160. The van der Waals surface area contributed by atoms with E-state index in [1.54, 1.807) is 36.4 Å². The number of anilines is 1. The molecule has 1 N–H and O–H groups in total. The number of pyridine rings is 1. The molecule has 3 aromatic rings. The van der Waals surface area contributed by atoms with Crippen LogP contribution in [-0.2, 0) is 17.3 Å². The fourth-order valence-electron chi connectivity index (χ4n) is 3.35. The van der Waals surface area contributed by atoms with Crippen LogP contribution in [0.15, 0.2) is 40.2 Å². The summed E-state index contributed by atoms with van der Waals surface area (Å²) in [4.78, 5) is 21.9. The van der Waals surface area contributed by atoms with Gasteiger partial charge in [-0.25, -0.2) is 0 Å². The summed E-state index contributed by atoms with van der Waals surface area (Å²) in [5, 5.41) is 11.2. The van der Waals surface area contributed by atoms with Gasteiger partial charge in [0.1, 0.15) is 0 Å². The van der Waals surface area contributed by atoms with Gasteiger partial charge in [-0.2, -0.15) is 5.10 Å². The third-order valence-corrected chi connectivity index (χ3v) is 5.01. The predicted molar refractivity (Wildman–Crippen MR) is 121 cm³/mol. The monoisotopic (exact) mass is 422 g/mol. The van der Waals surface area contributed by atoms with Crippen molar-refractivity contribution in [3.63, 3.8) is 0 Å². The molecule has 8 nitrogen and oxygen atoms in total. The molecule has 164 valence electrons. The molecule has 0 aliphatic carbocycles. The summed E-state index contributed by atoms with van der Waals surface area (Å²) in [6.45, 7) is 8.19. The van der Waals surface area contributed by atoms with Gasteiger partial charge in [0, 0.05) is 55.3 Å². The summed E-state index contributed by atoms with van der Waals surface area (Å²) in [5.41, 5.74) is 3.99.